The van der Waals surface area contributed by atoms with Crippen molar-refractivity contribution in [2.45, 2.75) is 12.5 Å². The van der Waals surface area contributed by atoms with Crippen LogP contribution < -0.4 is 29.7 Å². The van der Waals surface area contributed by atoms with Crippen molar-refractivity contribution in [3.05, 3.63) is 42.5 Å². The number of guanidine groups is 1. The lowest BCUT2D eigenvalue weighted by Crippen LogP contribution is -2.56. The van der Waals surface area contributed by atoms with Gasteiger partial charge >= 0.3 is 0 Å². The van der Waals surface area contributed by atoms with Crippen molar-refractivity contribution in [1.82, 2.24) is 10.2 Å². The van der Waals surface area contributed by atoms with E-state index in [4.69, 9.17) is 14.2 Å². The molecular formula is C24H27N5O5. The molecule has 1 saturated heterocycles. The molecule has 0 aromatic heterocycles. The van der Waals surface area contributed by atoms with Crippen molar-refractivity contribution in [3.63, 3.8) is 0 Å². The zero-order chi connectivity index (χ0) is 23.5. The monoisotopic (exact) mass is 465 g/mol. The number of rotatable bonds is 4. The van der Waals surface area contributed by atoms with Crippen molar-refractivity contribution in [2.24, 2.45) is 4.99 Å². The summed E-state index contributed by atoms with van der Waals surface area (Å²) in [6.07, 6.45) is 0.00565. The average Bonchev–Trinajstić information content (AvgIpc) is 2.88. The lowest BCUT2D eigenvalue weighted by molar-refractivity contribution is -0.125. The van der Waals surface area contributed by atoms with E-state index < -0.39 is 6.04 Å². The van der Waals surface area contributed by atoms with E-state index in [2.05, 4.69) is 20.5 Å². The molecule has 0 aliphatic carbocycles. The highest BCUT2D eigenvalue weighted by Crippen LogP contribution is 2.32. The van der Waals surface area contributed by atoms with E-state index in [-0.39, 0.29) is 18.2 Å². The summed E-state index contributed by atoms with van der Waals surface area (Å²) >= 11 is 0. The first kappa shape index (κ1) is 21.9. The second-order valence-electron chi connectivity index (χ2n) is 8.24. The molecule has 0 unspecified atom stereocenters. The van der Waals surface area contributed by atoms with Gasteiger partial charge in [0.05, 0.1) is 13.5 Å². The first-order valence-corrected chi connectivity index (χ1v) is 11.3. The predicted octanol–water partition coefficient (Wildman–Crippen LogP) is 1.47. The maximum absolute atomic E-state index is 12.9. The van der Waals surface area contributed by atoms with Gasteiger partial charge in [-0.1, -0.05) is 0 Å². The molecule has 3 aliphatic heterocycles. The van der Waals surface area contributed by atoms with Crippen LogP contribution in [0.25, 0.3) is 0 Å². The van der Waals surface area contributed by atoms with Gasteiger partial charge in [-0.2, -0.15) is 0 Å². The molecule has 10 heteroatoms. The smallest absolute Gasteiger partial charge is 0.249 e. The number of hydrogen-bond acceptors (Lipinski definition) is 8. The molecular weight excluding hydrogens is 438 g/mol. The summed E-state index contributed by atoms with van der Waals surface area (Å²) in [6, 6.07) is 12.4. The molecule has 2 amide bonds. The Morgan fingerprint density at radius 3 is 2.47 bits per heavy atom. The van der Waals surface area contributed by atoms with E-state index >= 15 is 0 Å². The lowest BCUT2D eigenvalue weighted by Gasteiger charge is -2.38. The molecule has 0 radical (unpaired) electrons. The van der Waals surface area contributed by atoms with Gasteiger partial charge in [0, 0.05) is 43.6 Å². The number of piperazine rings is 1. The number of anilines is 2. The molecule has 3 heterocycles. The van der Waals surface area contributed by atoms with Gasteiger partial charge < -0.3 is 29.3 Å². The fraction of sp³-hybridized carbons (Fsp3) is 0.375. The predicted molar refractivity (Wildman–Crippen MR) is 127 cm³/mol. The van der Waals surface area contributed by atoms with E-state index in [9.17, 15) is 9.59 Å². The summed E-state index contributed by atoms with van der Waals surface area (Å²) in [5, 5.41) is 5.68. The number of nitrogens with zero attached hydrogens (tertiary/aromatic N) is 3. The van der Waals surface area contributed by atoms with Crippen LogP contribution in [0.5, 0.6) is 17.2 Å². The van der Waals surface area contributed by atoms with Crippen LogP contribution in [0.15, 0.2) is 47.5 Å². The number of hydrogen-bond donors (Lipinski definition) is 2. The van der Waals surface area contributed by atoms with Crippen LogP contribution in [0.4, 0.5) is 11.4 Å². The zero-order valence-electron chi connectivity index (χ0n) is 19.0. The fourth-order valence-electron chi connectivity index (χ4n) is 4.21. The van der Waals surface area contributed by atoms with Gasteiger partial charge in [-0.05, 0) is 36.4 Å². The molecule has 178 valence electrons. The minimum absolute atomic E-state index is 0.00565. The number of fused-ring (bicyclic) bond motifs is 1. The maximum atomic E-state index is 12.9. The highest BCUT2D eigenvalue weighted by molar-refractivity contribution is 6.06. The van der Waals surface area contributed by atoms with Crippen LogP contribution in [0.3, 0.4) is 0 Å². The highest BCUT2D eigenvalue weighted by Gasteiger charge is 2.31. The van der Waals surface area contributed by atoms with Gasteiger partial charge in [-0.25, -0.2) is 4.99 Å². The van der Waals surface area contributed by atoms with Crippen LogP contribution in [0.2, 0.25) is 0 Å². The largest absolute Gasteiger partial charge is 0.497 e. The number of nitrogens with one attached hydrogen (secondary N) is 2. The molecule has 0 bridgehead atoms. The molecule has 10 nitrogen and oxygen atoms in total. The Labute approximate surface area is 197 Å². The van der Waals surface area contributed by atoms with Crippen molar-refractivity contribution >= 4 is 29.1 Å². The molecule has 1 atom stereocenters. The lowest BCUT2D eigenvalue weighted by atomic mass is 10.1. The Balaban J connectivity index is 1.22. The second-order valence-corrected chi connectivity index (χ2v) is 8.24. The molecule has 2 aromatic carbocycles. The normalized spacial score (nSPS) is 19.7. The summed E-state index contributed by atoms with van der Waals surface area (Å²) < 4.78 is 16.3. The van der Waals surface area contributed by atoms with Crippen LogP contribution in [0, 0.1) is 0 Å². The summed E-state index contributed by atoms with van der Waals surface area (Å²) in [4.78, 5) is 34.1. The van der Waals surface area contributed by atoms with Gasteiger partial charge in [0.15, 0.2) is 11.5 Å². The number of carbonyl (C=O) groups is 2. The molecule has 2 N–H and O–H groups in total. The topological polar surface area (TPSA) is 105 Å². The standard InChI is InChI=1S/C24H27N5O5/c1-32-18-5-3-17(4-6-18)28-8-10-29(11-9-28)24-26-19(15-22(30)27-24)23(31)25-16-2-7-20-21(14-16)34-13-12-33-20/h2-7,14,19H,8-13,15H2,1H3,(H,25,31)(H,26,27,30)/t19-/m0/s1. The number of amides is 2. The molecule has 1 fully saturated rings. The van der Waals surface area contributed by atoms with E-state index in [1.807, 2.05) is 29.2 Å². The Bertz CT molecular complexity index is 1100. The van der Waals surface area contributed by atoms with E-state index in [1.165, 1.54) is 0 Å². The number of ether oxygens (including phenoxy) is 3. The van der Waals surface area contributed by atoms with Gasteiger partial charge in [0.2, 0.25) is 17.8 Å². The van der Waals surface area contributed by atoms with Crippen LogP contribution in [-0.4, -0.2) is 75.2 Å². The first-order chi connectivity index (χ1) is 16.6. The van der Waals surface area contributed by atoms with Gasteiger partial charge in [0.25, 0.3) is 0 Å². The molecule has 5 rings (SSSR count). The number of methoxy groups -OCH3 is 1. The van der Waals surface area contributed by atoms with E-state index in [0.717, 1.165) is 24.5 Å². The molecule has 34 heavy (non-hydrogen) atoms. The Morgan fingerprint density at radius 1 is 1.03 bits per heavy atom. The summed E-state index contributed by atoms with van der Waals surface area (Å²) in [5.74, 6) is 1.96. The van der Waals surface area contributed by atoms with Gasteiger partial charge in [-0.3, -0.25) is 14.9 Å². The van der Waals surface area contributed by atoms with Crippen LogP contribution in [0.1, 0.15) is 6.42 Å². The minimum Gasteiger partial charge on any atom is -0.497 e. The van der Waals surface area contributed by atoms with Crippen molar-refractivity contribution in [1.29, 1.82) is 0 Å². The van der Waals surface area contributed by atoms with Gasteiger partial charge in [0.1, 0.15) is 25.0 Å². The molecule has 3 aliphatic rings. The fourth-order valence-corrected chi connectivity index (χ4v) is 4.21. The average molecular weight is 466 g/mol. The maximum Gasteiger partial charge on any atom is 0.249 e. The Morgan fingerprint density at radius 2 is 1.74 bits per heavy atom. The van der Waals surface area contributed by atoms with Crippen molar-refractivity contribution < 1.29 is 23.8 Å². The quantitative estimate of drug-likeness (QED) is 0.705. The summed E-state index contributed by atoms with van der Waals surface area (Å²) in [6.45, 7) is 3.88. The number of aliphatic imine (C=N–C) groups is 1. The molecule has 2 aromatic rings. The highest BCUT2D eigenvalue weighted by atomic mass is 16.6. The Kier molecular flexibility index (Phi) is 6.11. The molecule has 0 spiro atoms. The second kappa shape index (κ2) is 9.50. The number of carbonyl (C=O) groups excluding carboxylic acids is 2. The summed E-state index contributed by atoms with van der Waals surface area (Å²) in [7, 11) is 1.65. The van der Waals surface area contributed by atoms with E-state index in [1.54, 1.807) is 25.3 Å². The van der Waals surface area contributed by atoms with Crippen LogP contribution >= 0.6 is 0 Å². The minimum atomic E-state index is -0.795. The van der Waals surface area contributed by atoms with Crippen LogP contribution in [-0.2, 0) is 9.59 Å². The van der Waals surface area contributed by atoms with Gasteiger partial charge in [-0.15, -0.1) is 0 Å². The Hall–Kier alpha value is -3.95. The van der Waals surface area contributed by atoms with E-state index in [0.29, 0.717) is 49.4 Å². The summed E-state index contributed by atoms with van der Waals surface area (Å²) in [5.41, 5.74) is 1.69. The molecule has 0 saturated carbocycles. The zero-order valence-corrected chi connectivity index (χ0v) is 19.0. The van der Waals surface area contributed by atoms with Crippen molar-refractivity contribution in [2.75, 3.05) is 56.7 Å². The number of benzene rings is 2. The van der Waals surface area contributed by atoms with Crippen molar-refractivity contribution in [3.8, 4) is 17.2 Å². The third-order valence-electron chi connectivity index (χ3n) is 6.04. The SMILES string of the molecule is COc1ccc(N2CCN(C3=N[C@H](C(=O)Nc4ccc5c(c4)OCCO5)CC(=O)N3)CC2)cc1. The third kappa shape index (κ3) is 4.70. The first-order valence-electron chi connectivity index (χ1n) is 11.3. The third-order valence-corrected chi connectivity index (χ3v) is 6.04.